The third-order valence-corrected chi connectivity index (χ3v) is 3.78. The molecule has 2 atom stereocenters. The van der Waals surface area contributed by atoms with Gasteiger partial charge in [-0.3, -0.25) is 4.79 Å². The van der Waals surface area contributed by atoms with Crippen molar-refractivity contribution >= 4 is 5.97 Å². The first-order valence-electron chi connectivity index (χ1n) is 6.56. The van der Waals surface area contributed by atoms with E-state index in [2.05, 4.69) is 0 Å². The number of hydroxylamine groups is 2. The van der Waals surface area contributed by atoms with Crippen molar-refractivity contribution in [1.82, 2.24) is 5.06 Å². The van der Waals surface area contributed by atoms with Crippen LogP contribution in [0.1, 0.15) is 52.9 Å². The first-order chi connectivity index (χ1) is 7.88. The van der Waals surface area contributed by atoms with Crippen molar-refractivity contribution in [3.8, 4) is 0 Å². The van der Waals surface area contributed by atoms with E-state index in [4.69, 9.17) is 4.74 Å². The normalized spacial score (nSPS) is 34.5. The summed E-state index contributed by atoms with van der Waals surface area (Å²) >= 11 is 0. The minimum Gasteiger partial charge on any atom is -0.462 e. The molecule has 4 nitrogen and oxygen atoms in total. The molecule has 0 aliphatic carbocycles. The summed E-state index contributed by atoms with van der Waals surface area (Å²) in [6.45, 7) is 5.62. The van der Waals surface area contributed by atoms with Crippen LogP contribution in [0.5, 0.6) is 0 Å². The molecular weight excluding hydrogens is 218 g/mol. The number of carbonyl (C=O) groups is 1. The highest BCUT2D eigenvalue weighted by Gasteiger charge is 2.40. The van der Waals surface area contributed by atoms with Gasteiger partial charge in [-0.25, -0.2) is 0 Å². The molecule has 1 N–H and O–H groups in total. The molecule has 17 heavy (non-hydrogen) atoms. The fourth-order valence-corrected chi connectivity index (χ4v) is 2.73. The molecular formula is C13H23NO3. The molecule has 2 saturated heterocycles. The summed E-state index contributed by atoms with van der Waals surface area (Å²) in [6.07, 6.45) is 4.73. The summed E-state index contributed by atoms with van der Waals surface area (Å²) in [6, 6.07) is 0.362. The number of hydrogen-bond donors (Lipinski definition) is 1. The van der Waals surface area contributed by atoms with Gasteiger partial charge in [0.1, 0.15) is 6.10 Å². The average Bonchev–Trinajstić information content (AvgIpc) is 2.18. The van der Waals surface area contributed by atoms with E-state index in [9.17, 15) is 10.0 Å². The predicted octanol–water partition coefficient (Wildman–Crippen LogP) is 2.35. The lowest BCUT2D eigenvalue weighted by Gasteiger charge is -2.44. The molecule has 2 aliphatic heterocycles. The van der Waals surface area contributed by atoms with Crippen molar-refractivity contribution in [3.05, 3.63) is 0 Å². The number of piperidine rings is 2. The van der Waals surface area contributed by atoms with Crippen molar-refractivity contribution in [2.24, 2.45) is 5.41 Å². The second-order valence-corrected chi connectivity index (χ2v) is 6.37. The highest BCUT2D eigenvalue weighted by molar-refractivity contribution is 5.75. The van der Waals surface area contributed by atoms with E-state index < -0.39 is 5.41 Å². The minimum atomic E-state index is -0.439. The number of hydrogen-bond acceptors (Lipinski definition) is 4. The number of esters is 1. The molecule has 4 heteroatoms. The Morgan fingerprint density at radius 3 is 2.24 bits per heavy atom. The van der Waals surface area contributed by atoms with E-state index in [1.54, 1.807) is 0 Å². The molecule has 98 valence electrons. The second kappa shape index (κ2) is 4.58. The lowest BCUT2D eigenvalue weighted by molar-refractivity contribution is -0.217. The summed E-state index contributed by atoms with van der Waals surface area (Å²) in [4.78, 5) is 11.8. The molecule has 0 aromatic carbocycles. The number of fused-ring (bicyclic) bond motifs is 2. The van der Waals surface area contributed by atoms with Gasteiger partial charge < -0.3 is 9.94 Å². The minimum absolute atomic E-state index is 0.0135. The molecule has 0 aromatic rings. The van der Waals surface area contributed by atoms with Gasteiger partial charge in [0.2, 0.25) is 0 Å². The van der Waals surface area contributed by atoms with Crippen molar-refractivity contribution in [2.75, 3.05) is 0 Å². The first kappa shape index (κ1) is 12.8. The zero-order valence-corrected chi connectivity index (χ0v) is 11.0. The van der Waals surface area contributed by atoms with Crippen LogP contribution in [-0.2, 0) is 9.53 Å². The van der Waals surface area contributed by atoms with Crippen LogP contribution in [0.3, 0.4) is 0 Å². The van der Waals surface area contributed by atoms with E-state index in [0.717, 1.165) is 25.7 Å². The maximum absolute atomic E-state index is 11.8. The summed E-state index contributed by atoms with van der Waals surface area (Å²) < 4.78 is 5.56. The molecule has 0 amide bonds. The van der Waals surface area contributed by atoms with Gasteiger partial charge in [-0.15, -0.1) is 0 Å². The molecule has 0 radical (unpaired) electrons. The molecule has 2 rings (SSSR count). The highest BCUT2D eigenvalue weighted by atomic mass is 16.5. The van der Waals surface area contributed by atoms with Crippen LogP contribution in [0.25, 0.3) is 0 Å². The van der Waals surface area contributed by atoms with Gasteiger partial charge in [-0.2, -0.15) is 5.06 Å². The summed E-state index contributed by atoms with van der Waals surface area (Å²) in [7, 11) is 0. The van der Waals surface area contributed by atoms with Crippen LogP contribution in [0.2, 0.25) is 0 Å². The predicted molar refractivity (Wildman–Crippen MR) is 63.6 cm³/mol. The Balaban J connectivity index is 1.94. The van der Waals surface area contributed by atoms with E-state index >= 15 is 0 Å². The molecule has 2 heterocycles. The Morgan fingerprint density at radius 1 is 1.24 bits per heavy atom. The van der Waals surface area contributed by atoms with Crippen LogP contribution in [0, 0.1) is 5.41 Å². The van der Waals surface area contributed by atoms with E-state index in [1.165, 1.54) is 11.5 Å². The van der Waals surface area contributed by atoms with Crippen molar-refractivity contribution in [3.63, 3.8) is 0 Å². The number of ether oxygens (including phenoxy) is 1. The number of carbonyl (C=O) groups excluding carboxylic acids is 1. The summed E-state index contributed by atoms with van der Waals surface area (Å²) in [5, 5.41) is 11.4. The second-order valence-electron chi connectivity index (χ2n) is 6.37. The summed E-state index contributed by atoms with van der Waals surface area (Å²) in [5.41, 5.74) is -0.439. The zero-order valence-electron chi connectivity index (χ0n) is 11.0. The Bertz CT molecular complexity index is 284. The average molecular weight is 241 g/mol. The van der Waals surface area contributed by atoms with E-state index in [1.807, 2.05) is 20.8 Å². The maximum Gasteiger partial charge on any atom is 0.311 e. The van der Waals surface area contributed by atoms with E-state index in [-0.39, 0.29) is 24.2 Å². The topological polar surface area (TPSA) is 49.8 Å². The lowest BCUT2D eigenvalue weighted by atomic mass is 9.84. The van der Waals surface area contributed by atoms with E-state index in [0.29, 0.717) is 0 Å². The fraction of sp³-hybridized carbons (Fsp3) is 0.923. The van der Waals surface area contributed by atoms with Crippen molar-refractivity contribution < 1.29 is 14.7 Å². The SMILES string of the molecule is CC(C)(C)C(=O)OC1CC2CCCC(C1)N2O. The molecule has 2 aliphatic rings. The Kier molecular flexibility index (Phi) is 3.46. The van der Waals surface area contributed by atoms with Crippen molar-refractivity contribution in [2.45, 2.75) is 71.1 Å². The summed E-state index contributed by atoms with van der Waals surface area (Å²) in [5.74, 6) is -0.132. The van der Waals surface area contributed by atoms with Gasteiger partial charge in [0.25, 0.3) is 0 Å². The molecule has 2 bridgehead atoms. The van der Waals surface area contributed by atoms with Gasteiger partial charge in [0, 0.05) is 24.9 Å². The van der Waals surface area contributed by atoms with Crippen LogP contribution in [-0.4, -0.2) is 34.4 Å². The van der Waals surface area contributed by atoms with Crippen LogP contribution >= 0.6 is 0 Å². The van der Waals surface area contributed by atoms with Gasteiger partial charge in [0.15, 0.2) is 0 Å². The zero-order chi connectivity index (χ0) is 12.6. The molecule has 2 fully saturated rings. The monoisotopic (exact) mass is 241 g/mol. The third-order valence-electron chi connectivity index (χ3n) is 3.78. The maximum atomic E-state index is 11.8. The smallest absolute Gasteiger partial charge is 0.311 e. The molecule has 2 unspecified atom stereocenters. The Morgan fingerprint density at radius 2 is 1.76 bits per heavy atom. The first-order valence-corrected chi connectivity index (χ1v) is 6.56. The van der Waals surface area contributed by atoms with Crippen LogP contribution in [0.15, 0.2) is 0 Å². The standard InChI is InChI=1S/C13H23NO3/c1-13(2,3)12(15)17-11-7-9-5-4-6-10(8-11)14(9)16/h9-11,16H,4-8H2,1-3H3. The van der Waals surface area contributed by atoms with Gasteiger partial charge >= 0.3 is 5.97 Å². The van der Waals surface area contributed by atoms with Gasteiger partial charge in [0.05, 0.1) is 5.41 Å². The van der Waals surface area contributed by atoms with Crippen LogP contribution in [0.4, 0.5) is 0 Å². The number of nitrogens with zero attached hydrogens (tertiary/aromatic N) is 1. The third kappa shape index (κ3) is 2.80. The fourth-order valence-electron chi connectivity index (χ4n) is 2.73. The largest absolute Gasteiger partial charge is 0.462 e. The Hall–Kier alpha value is -0.610. The van der Waals surface area contributed by atoms with Gasteiger partial charge in [-0.1, -0.05) is 6.42 Å². The van der Waals surface area contributed by atoms with Crippen LogP contribution < -0.4 is 0 Å². The molecule has 0 saturated carbocycles. The number of rotatable bonds is 1. The highest BCUT2D eigenvalue weighted by Crippen LogP contribution is 2.34. The van der Waals surface area contributed by atoms with Crippen molar-refractivity contribution in [1.29, 1.82) is 0 Å². The quantitative estimate of drug-likeness (QED) is 0.716. The molecule has 0 aromatic heterocycles. The van der Waals surface area contributed by atoms with Gasteiger partial charge in [-0.05, 0) is 33.6 Å². The lowest BCUT2D eigenvalue weighted by Crippen LogP contribution is -2.52. The molecule has 0 spiro atoms. The Labute approximate surface area is 103 Å².